The highest BCUT2D eigenvalue weighted by Gasteiger charge is 2.34. The minimum atomic E-state index is -0.614. The molecular formula is C26H31ClN4O4. The molecule has 0 spiro atoms. The van der Waals surface area contributed by atoms with Crippen LogP contribution in [0.5, 0.6) is 5.75 Å². The quantitative estimate of drug-likeness (QED) is 0.567. The fourth-order valence-electron chi connectivity index (χ4n) is 4.56. The van der Waals surface area contributed by atoms with Crippen molar-refractivity contribution in [1.82, 2.24) is 15.5 Å². The number of hydrogen-bond acceptors (Lipinski definition) is 6. The van der Waals surface area contributed by atoms with Gasteiger partial charge in [-0.1, -0.05) is 29.8 Å². The molecule has 2 aliphatic heterocycles. The Morgan fingerprint density at radius 1 is 1.11 bits per heavy atom. The Bertz CT molecular complexity index is 1110. The Hall–Kier alpha value is -3.23. The molecule has 2 amide bonds. The number of ether oxygens (including phenoxy) is 2. The van der Waals surface area contributed by atoms with Crippen molar-refractivity contribution in [3.05, 3.63) is 69.9 Å². The fraction of sp³-hybridized carbons (Fsp3) is 0.385. The lowest BCUT2D eigenvalue weighted by Gasteiger charge is -2.38. The van der Waals surface area contributed by atoms with Gasteiger partial charge in [0.2, 0.25) is 0 Å². The van der Waals surface area contributed by atoms with Crippen molar-refractivity contribution in [3.63, 3.8) is 0 Å². The lowest BCUT2D eigenvalue weighted by atomic mass is 9.95. The van der Waals surface area contributed by atoms with Gasteiger partial charge in [-0.15, -0.1) is 0 Å². The standard InChI is InChI=1S/C26H31ClN4O4/c1-4-35-20-9-6-18(7-10-20)24-23(25(32)34-3)21(28-26(33)29-24)16-30-11-13-31(14-12-30)22-15-19(27)8-5-17(22)2/h5-10,15,24H,4,11-14,16H2,1-3H3,(H2,28,29,33)/t24-/m1/s1. The van der Waals surface area contributed by atoms with E-state index in [9.17, 15) is 9.59 Å². The smallest absolute Gasteiger partial charge is 0.338 e. The summed E-state index contributed by atoms with van der Waals surface area (Å²) < 4.78 is 10.6. The van der Waals surface area contributed by atoms with Crippen LogP contribution in [0.3, 0.4) is 0 Å². The van der Waals surface area contributed by atoms with Gasteiger partial charge in [-0.3, -0.25) is 4.90 Å². The van der Waals surface area contributed by atoms with E-state index < -0.39 is 12.0 Å². The first kappa shape index (κ1) is 24.9. The minimum absolute atomic E-state index is 0.347. The number of amides is 2. The first-order valence-electron chi connectivity index (χ1n) is 11.7. The molecule has 0 saturated carbocycles. The molecule has 1 fully saturated rings. The van der Waals surface area contributed by atoms with Crippen LogP contribution in [0.1, 0.15) is 24.1 Å². The molecule has 1 atom stereocenters. The third kappa shape index (κ3) is 5.71. The summed E-state index contributed by atoms with van der Waals surface area (Å²) in [6, 6.07) is 12.3. The molecule has 2 aromatic rings. The SMILES string of the molecule is CCOc1ccc([C@H]2NC(=O)NC(CN3CCN(c4cc(Cl)ccc4C)CC3)=C2C(=O)OC)cc1. The molecule has 0 unspecified atom stereocenters. The lowest BCUT2D eigenvalue weighted by molar-refractivity contribution is -0.136. The van der Waals surface area contributed by atoms with Gasteiger partial charge in [0, 0.05) is 49.1 Å². The van der Waals surface area contributed by atoms with Gasteiger partial charge < -0.3 is 25.0 Å². The van der Waals surface area contributed by atoms with Crippen molar-refractivity contribution < 1.29 is 19.1 Å². The highest BCUT2D eigenvalue weighted by atomic mass is 35.5. The summed E-state index contributed by atoms with van der Waals surface area (Å²) in [6.07, 6.45) is 0. The van der Waals surface area contributed by atoms with E-state index in [0.29, 0.717) is 24.4 Å². The number of benzene rings is 2. The van der Waals surface area contributed by atoms with Crippen molar-refractivity contribution in [2.75, 3.05) is 51.3 Å². The Morgan fingerprint density at radius 3 is 2.49 bits per heavy atom. The summed E-state index contributed by atoms with van der Waals surface area (Å²) in [6.45, 7) is 8.19. The Labute approximate surface area is 210 Å². The van der Waals surface area contributed by atoms with Gasteiger partial charge in [0.15, 0.2) is 0 Å². The van der Waals surface area contributed by atoms with E-state index >= 15 is 0 Å². The predicted molar refractivity (Wildman–Crippen MR) is 136 cm³/mol. The Balaban J connectivity index is 1.54. The van der Waals surface area contributed by atoms with E-state index in [1.54, 1.807) is 0 Å². The number of carbonyl (C=O) groups is 2. The highest BCUT2D eigenvalue weighted by Crippen LogP contribution is 2.30. The molecule has 4 rings (SSSR count). The molecule has 2 aromatic carbocycles. The predicted octanol–water partition coefficient (Wildman–Crippen LogP) is 3.65. The van der Waals surface area contributed by atoms with Crippen molar-refractivity contribution in [1.29, 1.82) is 0 Å². The summed E-state index contributed by atoms with van der Waals surface area (Å²) >= 11 is 6.22. The van der Waals surface area contributed by atoms with E-state index in [1.165, 1.54) is 12.7 Å². The summed E-state index contributed by atoms with van der Waals surface area (Å²) in [5, 5.41) is 6.44. The molecule has 0 aliphatic carbocycles. The molecule has 35 heavy (non-hydrogen) atoms. The van der Waals surface area contributed by atoms with Crippen molar-refractivity contribution in [3.8, 4) is 5.75 Å². The van der Waals surface area contributed by atoms with Crippen LogP contribution in [0.25, 0.3) is 0 Å². The molecule has 0 aromatic heterocycles. The molecule has 2 heterocycles. The molecule has 9 heteroatoms. The van der Waals surface area contributed by atoms with Crippen LogP contribution in [0.15, 0.2) is 53.7 Å². The number of nitrogens with zero attached hydrogens (tertiary/aromatic N) is 2. The average molecular weight is 499 g/mol. The van der Waals surface area contributed by atoms with Crippen molar-refractivity contribution in [2.45, 2.75) is 19.9 Å². The molecule has 2 aliphatic rings. The second kappa shape index (κ2) is 11.0. The number of aryl methyl sites for hydroxylation is 1. The largest absolute Gasteiger partial charge is 0.494 e. The maximum Gasteiger partial charge on any atom is 0.338 e. The summed E-state index contributed by atoms with van der Waals surface area (Å²) in [5.41, 5.74) is 4.07. The van der Waals surface area contributed by atoms with Crippen LogP contribution in [-0.2, 0) is 9.53 Å². The Kier molecular flexibility index (Phi) is 7.83. The number of urea groups is 1. The van der Waals surface area contributed by atoms with Crippen LogP contribution in [0.4, 0.5) is 10.5 Å². The van der Waals surface area contributed by atoms with E-state index in [4.69, 9.17) is 21.1 Å². The van der Waals surface area contributed by atoms with Gasteiger partial charge in [0.25, 0.3) is 0 Å². The van der Waals surface area contributed by atoms with Gasteiger partial charge >= 0.3 is 12.0 Å². The first-order valence-corrected chi connectivity index (χ1v) is 12.1. The summed E-state index contributed by atoms with van der Waals surface area (Å²) in [5.74, 6) is 0.257. The van der Waals surface area contributed by atoms with Crippen LogP contribution >= 0.6 is 11.6 Å². The molecule has 0 radical (unpaired) electrons. The van der Waals surface area contributed by atoms with E-state index in [1.807, 2.05) is 49.4 Å². The Morgan fingerprint density at radius 2 is 1.83 bits per heavy atom. The number of anilines is 1. The van der Waals surface area contributed by atoms with Crippen LogP contribution in [-0.4, -0.2) is 63.3 Å². The van der Waals surface area contributed by atoms with Gasteiger partial charge in [0.1, 0.15) is 5.75 Å². The number of methoxy groups -OCH3 is 1. The molecule has 8 nitrogen and oxygen atoms in total. The van der Waals surface area contributed by atoms with E-state index in [0.717, 1.165) is 48.2 Å². The van der Waals surface area contributed by atoms with Crippen LogP contribution in [0.2, 0.25) is 5.02 Å². The number of nitrogens with one attached hydrogen (secondary N) is 2. The van der Waals surface area contributed by atoms with Crippen molar-refractivity contribution in [2.24, 2.45) is 0 Å². The highest BCUT2D eigenvalue weighted by molar-refractivity contribution is 6.30. The van der Waals surface area contributed by atoms with E-state index in [-0.39, 0.29) is 6.03 Å². The number of halogens is 1. The monoisotopic (exact) mass is 498 g/mol. The zero-order chi connectivity index (χ0) is 24.9. The average Bonchev–Trinajstić information content (AvgIpc) is 2.86. The van der Waals surface area contributed by atoms with Gasteiger partial charge in [-0.05, 0) is 49.2 Å². The topological polar surface area (TPSA) is 83.1 Å². The molecule has 1 saturated heterocycles. The van der Waals surface area contributed by atoms with Gasteiger partial charge in [-0.2, -0.15) is 0 Å². The number of piperazine rings is 1. The third-order valence-electron chi connectivity index (χ3n) is 6.35. The second-order valence-electron chi connectivity index (χ2n) is 8.61. The first-order chi connectivity index (χ1) is 16.9. The van der Waals surface area contributed by atoms with Crippen LogP contribution < -0.4 is 20.3 Å². The summed E-state index contributed by atoms with van der Waals surface area (Å²) in [4.78, 5) is 30.0. The fourth-order valence-corrected chi connectivity index (χ4v) is 4.73. The zero-order valence-corrected chi connectivity index (χ0v) is 21.0. The van der Waals surface area contributed by atoms with Crippen LogP contribution in [0, 0.1) is 6.92 Å². The number of carbonyl (C=O) groups excluding carboxylic acids is 2. The number of rotatable bonds is 7. The number of esters is 1. The lowest BCUT2D eigenvalue weighted by Crippen LogP contribution is -2.51. The molecular weight excluding hydrogens is 468 g/mol. The molecule has 0 bridgehead atoms. The maximum absolute atomic E-state index is 12.8. The normalized spacial score (nSPS) is 18.7. The zero-order valence-electron chi connectivity index (χ0n) is 20.3. The second-order valence-corrected chi connectivity index (χ2v) is 9.05. The maximum atomic E-state index is 12.8. The third-order valence-corrected chi connectivity index (χ3v) is 6.58. The molecule has 2 N–H and O–H groups in total. The minimum Gasteiger partial charge on any atom is -0.494 e. The summed E-state index contributed by atoms with van der Waals surface area (Å²) in [7, 11) is 1.35. The molecule has 186 valence electrons. The van der Waals surface area contributed by atoms with Crippen molar-refractivity contribution >= 4 is 29.3 Å². The van der Waals surface area contributed by atoms with E-state index in [2.05, 4.69) is 27.4 Å². The van der Waals surface area contributed by atoms with Gasteiger partial charge in [-0.25, -0.2) is 9.59 Å². The number of hydrogen-bond donors (Lipinski definition) is 2. The van der Waals surface area contributed by atoms with Gasteiger partial charge in [0.05, 0.1) is 25.3 Å².